The highest BCUT2D eigenvalue weighted by Gasteiger charge is 2.27. The minimum atomic E-state index is -4.26. The van der Waals surface area contributed by atoms with E-state index in [-0.39, 0.29) is 30.6 Å². The Morgan fingerprint density at radius 1 is 1.27 bits per heavy atom. The number of aliphatic imine (C=N–C) groups is 1. The Morgan fingerprint density at radius 2 is 2.00 bits per heavy atom. The van der Waals surface area contributed by atoms with Crippen LogP contribution < -0.4 is 5.32 Å². The van der Waals surface area contributed by atoms with Crippen molar-refractivity contribution in [3.63, 3.8) is 0 Å². The Morgan fingerprint density at radius 3 is 2.58 bits per heavy atom. The summed E-state index contributed by atoms with van der Waals surface area (Å²) in [4.78, 5) is 6.38. The van der Waals surface area contributed by atoms with E-state index in [9.17, 15) is 13.2 Å². The van der Waals surface area contributed by atoms with Crippen molar-refractivity contribution < 1.29 is 17.9 Å². The van der Waals surface area contributed by atoms with E-state index in [0.717, 1.165) is 25.5 Å². The Bertz CT molecular complexity index is 591. The van der Waals surface area contributed by atoms with Crippen LogP contribution in [0.2, 0.25) is 0 Å². The summed E-state index contributed by atoms with van der Waals surface area (Å²) in [5.74, 6) is 0.763. The number of nitrogens with one attached hydrogen (secondary N) is 1. The molecule has 0 atom stereocenters. The summed E-state index contributed by atoms with van der Waals surface area (Å²) in [5.41, 5.74) is 2.57. The number of alkyl halides is 3. The lowest BCUT2D eigenvalue weighted by molar-refractivity contribution is -0.173. The van der Waals surface area contributed by atoms with Crippen molar-refractivity contribution in [2.45, 2.75) is 19.0 Å². The molecule has 1 aliphatic heterocycles. The Balaban J connectivity index is 0.00000338. The number of ether oxygens (including phenoxy) is 1. The lowest BCUT2D eigenvalue weighted by Gasteiger charge is -2.29. The second-order valence-corrected chi connectivity index (χ2v) is 5.79. The Hall–Kier alpha value is -1.29. The minimum Gasteiger partial charge on any atom is -0.372 e. The first-order valence-electron chi connectivity index (χ1n) is 8.34. The lowest BCUT2D eigenvalue weighted by Crippen LogP contribution is -2.43. The quantitative estimate of drug-likeness (QED) is 0.289. The second kappa shape index (κ2) is 11.4. The molecule has 26 heavy (non-hydrogen) atoms. The summed E-state index contributed by atoms with van der Waals surface area (Å²) in [7, 11) is 1.71. The summed E-state index contributed by atoms with van der Waals surface area (Å²) in [6, 6.07) is 10.3. The van der Waals surface area contributed by atoms with Crippen LogP contribution in [-0.2, 0) is 4.74 Å². The maximum absolute atomic E-state index is 12.0. The number of benzene rings is 1. The monoisotopic (exact) mass is 483 g/mol. The van der Waals surface area contributed by atoms with E-state index in [2.05, 4.69) is 38.2 Å². The van der Waals surface area contributed by atoms with Crippen LogP contribution in [0.1, 0.15) is 18.4 Å². The van der Waals surface area contributed by atoms with Gasteiger partial charge in [-0.3, -0.25) is 4.99 Å². The van der Waals surface area contributed by atoms with E-state index >= 15 is 0 Å². The molecular formula is C18H25F3IN3O. The second-order valence-electron chi connectivity index (χ2n) is 5.79. The van der Waals surface area contributed by atoms with Crippen LogP contribution in [0.25, 0.3) is 5.57 Å². The van der Waals surface area contributed by atoms with Gasteiger partial charge in [0.05, 0.1) is 0 Å². The van der Waals surface area contributed by atoms with Gasteiger partial charge in [0.15, 0.2) is 5.96 Å². The van der Waals surface area contributed by atoms with Gasteiger partial charge in [-0.15, -0.1) is 24.0 Å². The molecule has 0 aliphatic carbocycles. The van der Waals surface area contributed by atoms with Gasteiger partial charge in [0.1, 0.15) is 6.61 Å². The van der Waals surface area contributed by atoms with Gasteiger partial charge < -0.3 is 15.0 Å². The van der Waals surface area contributed by atoms with Crippen molar-refractivity contribution in [1.29, 1.82) is 0 Å². The third kappa shape index (κ3) is 7.94. The van der Waals surface area contributed by atoms with Gasteiger partial charge in [0, 0.05) is 33.3 Å². The van der Waals surface area contributed by atoms with Crippen molar-refractivity contribution >= 4 is 35.5 Å². The summed E-state index contributed by atoms with van der Waals surface area (Å²) in [6.07, 6.45) is -0.647. The van der Waals surface area contributed by atoms with Gasteiger partial charge in [-0.2, -0.15) is 13.2 Å². The molecule has 2 rings (SSSR count). The van der Waals surface area contributed by atoms with Crippen LogP contribution in [0.4, 0.5) is 13.2 Å². The van der Waals surface area contributed by atoms with Crippen LogP contribution >= 0.6 is 24.0 Å². The molecule has 1 heterocycles. The molecule has 8 heteroatoms. The SMILES string of the molecule is CN=C(NCCCOCC(F)(F)F)N1CC=C(c2ccccc2)CC1.I. The maximum Gasteiger partial charge on any atom is 0.411 e. The predicted molar refractivity (Wildman–Crippen MR) is 109 cm³/mol. The van der Waals surface area contributed by atoms with Crippen LogP contribution in [-0.4, -0.2) is 56.9 Å². The van der Waals surface area contributed by atoms with Gasteiger partial charge >= 0.3 is 6.18 Å². The van der Waals surface area contributed by atoms with Gasteiger partial charge in [-0.25, -0.2) is 0 Å². The van der Waals surface area contributed by atoms with E-state index in [0.29, 0.717) is 13.0 Å². The van der Waals surface area contributed by atoms with Crippen molar-refractivity contribution in [2.75, 3.05) is 39.9 Å². The molecule has 0 saturated carbocycles. The molecule has 0 spiro atoms. The van der Waals surface area contributed by atoms with Crippen molar-refractivity contribution in [3.05, 3.63) is 42.0 Å². The number of halogens is 4. The summed E-state index contributed by atoms with van der Waals surface area (Å²) in [6.45, 7) is 1.01. The fraction of sp³-hybridized carbons (Fsp3) is 0.500. The molecule has 0 saturated heterocycles. The van der Waals surface area contributed by atoms with Crippen molar-refractivity contribution in [1.82, 2.24) is 10.2 Å². The number of nitrogens with zero attached hydrogens (tertiary/aromatic N) is 2. The smallest absolute Gasteiger partial charge is 0.372 e. The maximum atomic E-state index is 12.0. The zero-order valence-electron chi connectivity index (χ0n) is 14.8. The number of hydrogen-bond donors (Lipinski definition) is 1. The molecule has 146 valence electrons. The molecule has 4 nitrogen and oxygen atoms in total. The van der Waals surface area contributed by atoms with E-state index in [4.69, 9.17) is 0 Å². The fourth-order valence-corrected chi connectivity index (χ4v) is 2.67. The van der Waals surface area contributed by atoms with E-state index in [1.165, 1.54) is 11.1 Å². The molecule has 0 aromatic heterocycles. The third-order valence-electron chi connectivity index (χ3n) is 3.88. The summed E-state index contributed by atoms with van der Waals surface area (Å²) >= 11 is 0. The Labute approximate surface area is 169 Å². The molecule has 1 aromatic rings. The lowest BCUT2D eigenvalue weighted by atomic mass is 10.00. The van der Waals surface area contributed by atoms with Gasteiger partial charge in [-0.05, 0) is 24.0 Å². The Kier molecular flexibility index (Phi) is 10.0. The molecule has 1 aromatic carbocycles. The van der Waals surface area contributed by atoms with Crippen LogP contribution in [0.5, 0.6) is 0 Å². The average Bonchev–Trinajstić information content (AvgIpc) is 2.61. The zero-order chi connectivity index (χ0) is 18.1. The zero-order valence-corrected chi connectivity index (χ0v) is 17.1. The number of rotatable bonds is 6. The fourth-order valence-electron chi connectivity index (χ4n) is 2.67. The molecule has 1 aliphatic rings. The van der Waals surface area contributed by atoms with E-state index in [1.807, 2.05) is 18.2 Å². The van der Waals surface area contributed by atoms with Crippen molar-refractivity contribution in [2.24, 2.45) is 4.99 Å². The van der Waals surface area contributed by atoms with Gasteiger partial charge in [-0.1, -0.05) is 36.4 Å². The van der Waals surface area contributed by atoms with Gasteiger partial charge in [0.25, 0.3) is 0 Å². The predicted octanol–water partition coefficient (Wildman–Crippen LogP) is 3.94. The summed E-state index contributed by atoms with van der Waals surface area (Å²) < 4.78 is 40.5. The molecule has 0 radical (unpaired) electrons. The topological polar surface area (TPSA) is 36.9 Å². The molecule has 0 bridgehead atoms. The highest BCUT2D eigenvalue weighted by atomic mass is 127. The highest BCUT2D eigenvalue weighted by molar-refractivity contribution is 14.0. The first-order chi connectivity index (χ1) is 12.0. The normalized spacial score (nSPS) is 15.3. The third-order valence-corrected chi connectivity index (χ3v) is 3.88. The average molecular weight is 483 g/mol. The van der Waals surface area contributed by atoms with Crippen molar-refractivity contribution in [3.8, 4) is 0 Å². The van der Waals surface area contributed by atoms with Gasteiger partial charge in [0.2, 0.25) is 0 Å². The first kappa shape index (κ1) is 22.8. The van der Waals surface area contributed by atoms with E-state index < -0.39 is 12.8 Å². The number of hydrogen-bond acceptors (Lipinski definition) is 2. The summed E-state index contributed by atoms with van der Waals surface area (Å²) in [5, 5.41) is 3.18. The molecule has 1 N–H and O–H groups in total. The van der Waals surface area contributed by atoms with Crippen LogP contribution in [0, 0.1) is 0 Å². The first-order valence-corrected chi connectivity index (χ1v) is 8.34. The standard InChI is InChI=1S/C18H24F3N3O.HI/c1-22-17(23-10-5-13-25-14-18(19,20)21)24-11-8-16(9-12-24)15-6-3-2-4-7-15;/h2-4,6-8H,5,9-14H2,1H3,(H,22,23);1H. The van der Waals surface area contributed by atoms with Crippen LogP contribution in [0.3, 0.4) is 0 Å². The molecular weight excluding hydrogens is 458 g/mol. The van der Waals surface area contributed by atoms with Crippen LogP contribution in [0.15, 0.2) is 41.4 Å². The molecule has 0 amide bonds. The minimum absolute atomic E-state index is 0. The molecule has 0 fully saturated rings. The number of guanidine groups is 1. The molecule has 0 unspecified atom stereocenters. The highest BCUT2D eigenvalue weighted by Crippen LogP contribution is 2.21. The largest absolute Gasteiger partial charge is 0.411 e. The van der Waals surface area contributed by atoms with E-state index in [1.54, 1.807) is 7.05 Å².